The molecule has 1 saturated carbocycles. The van der Waals surface area contributed by atoms with Gasteiger partial charge in [-0.3, -0.25) is 0 Å². The van der Waals surface area contributed by atoms with Crippen molar-refractivity contribution in [2.75, 3.05) is 19.0 Å². The van der Waals surface area contributed by atoms with Crippen LogP contribution >= 0.6 is 11.6 Å². The molecule has 3 nitrogen and oxygen atoms in total. The van der Waals surface area contributed by atoms with Crippen LogP contribution in [0.4, 0.5) is 5.69 Å². The van der Waals surface area contributed by atoms with Gasteiger partial charge < -0.3 is 10.1 Å². The fourth-order valence-electron chi connectivity index (χ4n) is 1.51. The summed E-state index contributed by atoms with van der Waals surface area (Å²) >= 11 is 6.08. The number of nitriles is 1. The van der Waals surface area contributed by atoms with Crippen molar-refractivity contribution in [3.05, 3.63) is 23.2 Å². The van der Waals surface area contributed by atoms with Gasteiger partial charge in [0.25, 0.3) is 0 Å². The van der Waals surface area contributed by atoms with Crippen molar-refractivity contribution >= 4 is 17.3 Å². The third-order valence-electron chi connectivity index (χ3n) is 2.88. The molecule has 1 fully saturated rings. The summed E-state index contributed by atoms with van der Waals surface area (Å²) < 4.78 is 5.06. The number of hydrogen-bond acceptors (Lipinski definition) is 3. The summed E-state index contributed by atoms with van der Waals surface area (Å²) in [6, 6.07) is 7.81. The van der Waals surface area contributed by atoms with Crippen LogP contribution in [0.5, 0.6) is 5.75 Å². The number of rotatable bonds is 4. The lowest BCUT2D eigenvalue weighted by Gasteiger charge is -2.11. The standard InChI is InChI=1S/C12H13ClN2O/c1-16-9-2-3-11(10(13)6-9)15-8-12(7-14)4-5-12/h2-3,6,15H,4-5,8H2,1H3. The van der Waals surface area contributed by atoms with Crippen molar-refractivity contribution < 1.29 is 4.74 Å². The van der Waals surface area contributed by atoms with E-state index in [0.29, 0.717) is 11.6 Å². The number of ether oxygens (including phenoxy) is 1. The highest BCUT2D eigenvalue weighted by Gasteiger charge is 2.42. The van der Waals surface area contributed by atoms with Crippen LogP contribution < -0.4 is 10.1 Å². The largest absolute Gasteiger partial charge is 0.497 e. The van der Waals surface area contributed by atoms with E-state index in [1.54, 1.807) is 13.2 Å². The molecule has 16 heavy (non-hydrogen) atoms. The van der Waals surface area contributed by atoms with Crippen LogP contribution in [0, 0.1) is 16.7 Å². The van der Waals surface area contributed by atoms with Crippen LogP contribution in [0.2, 0.25) is 5.02 Å². The maximum absolute atomic E-state index is 8.94. The molecule has 1 aliphatic rings. The number of nitrogens with one attached hydrogen (secondary N) is 1. The van der Waals surface area contributed by atoms with Gasteiger partial charge in [0.15, 0.2) is 0 Å². The second kappa shape index (κ2) is 4.23. The van der Waals surface area contributed by atoms with Gasteiger partial charge in [-0.15, -0.1) is 0 Å². The van der Waals surface area contributed by atoms with Crippen LogP contribution in [0.1, 0.15) is 12.8 Å². The smallest absolute Gasteiger partial charge is 0.120 e. The molecule has 1 aromatic rings. The Labute approximate surface area is 100.0 Å². The molecule has 0 heterocycles. The molecule has 0 unspecified atom stereocenters. The molecule has 0 radical (unpaired) electrons. The minimum atomic E-state index is -0.163. The van der Waals surface area contributed by atoms with Crippen LogP contribution in [0.25, 0.3) is 0 Å². The van der Waals surface area contributed by atoms with Gasteiger partial charge in [-0.05, 0) is 25.0 Å². The third-order valence-corrected chi connectivity index (χ3v) is 3.20. The molecule has 4 heteroatoms. The van der Waals surface area contributed by atoms with Crippen LogP contribution in [0.3, 0.4) is 0 Å². The molecule has 1 N–H and O–H groups in total. The minimum absolute atomic E-state index is 0.163. The molecule has 0 aromatic heterocycles. The van der Waals surface area contributed by atoms with E-state index in [1.165, 1.54) is 0 Å². The normalized spacial score (nSPS) is 16.3. The predicted octanol–water partition coefficient (Wildman–Crippen LogP) is 3.06. The zero-order valence-corrected chi connectivity index (χ0v) is 9.84. The van der Waals surface area contributed by atoms with Crippen molar-refractivity contribution in [1.82, 2.24) is 0 Å². The monoisotopic (exact) mass is 236 g/mol. The molecule has 0 saturated heterocycles. The number of methoxy groups -OCH3 is 1. The topological polar surface area (TPSA) is 45.0 Å². The molecule has 0 spiro atoms. The third kappa shape index (κ3) is 2.23. The van der Waals surface area contributed by atoms with Gasteiger partial charge in [-0.2, -0.15) is 5.26 Å². The maximum Gasteiger partial charge on any atom is 0.120 e. The van der Waals surface area contributed by atoms with Crippen molar-refractivity contribution in [3.8, 4) is 11.8 Å². The first-order valence-electron chi connectivity index (χ1n) is 5.18. The molecule has 2 rings (SSSR count). The average Bonchev–Trinajstić information content (AvgIpc) is 3.08. The Bertz CT molecular complexity index is 435. The summed E-state index contributed by atoms with van der Waals surface area (Å²) in [6.07, 6.45) is 1.95. The van der Waals surface area contributed by atoms with Crippen molar-refractivity contribution in [1.29, 1.82) is 5.26 Å². The van der Waals surface area contributed by atoms with E-state index >= 15 is 0 Å². The number of anilines is 1. The van der Waals surface area contributed by atoms with Crippen molar-refractivity contribution in [2.45, 2.75) is 12.8 Å². The Kier molecular flexibility index (Phi) is 2.93. The molecule has 84 valence electrons. The van der Waals surface area contributed by atoms with Gasteiger partial charge in [0.1, 0.15) is 5.75 Å². The Morgan fingerprint density at radius 2 is 2.31 bits per heavy atom. The lowest BCUT2D eigenvalue weighted by molar-refractivity contribution is 0.415. The lowest BCUT2D eigenvalue weighted by Crippen LogP contribution is -2.13. The van der Waals surface area contributed by atoms with Crippen LogP contribution in [-0.4, -0.2) is 13.7 Å². The zero-order valence-electron chi connectivity index (χ0n) is 9.09. The lowest BCUT2D eigenvalue weighted by atomic mass is 10.1. The van der Waals surface area contributed by atoms with E-state index in [0.717, 1.165) is 24.3 Å². The second-order valence-electron chi connectivity index (χ2n) is 4.09. The quantitative estimate of drug-likeness (QED) is 0.874. The SMILES string of the molecule is COc1ccc(NCC2(C#N)CC2)c(Cl)c1. The summed E-state index contributed by atoms with van der Waals surface area (Å²) in [6.45, 7) is 0.662. The van der Waals surface area contributed by atoms with Gasteiger partial charge in [-0.1, -0.05) is 11.6 Å². The van der Waals surface area contributed by atoms with E-state index in [2.05, 4.69) is 11.4 Å². The van der Waals surface area contributed by atoms with Gasteiger partial charge in [-0.25, -0.2) is 0 Å². The first-order valence-corrected chi connectivity index (χ1v) is 5.56. The summed E-state index contributed by atoms with van der Waals surface area (Å²) in [5.74, 6) is 0.733. The van der Waals surface area contributed by atoms with Crippen LogP contribution in [0.15, 0.2) is 18.2 Å². The predicted molar refractivity (Wildman–Crippen MR) is 63.8 cm³/mol. The Morgan fingerprint density at radius 3 is 2.81 bits per heavy atom. The summed E-state index contributed by atoms with van der Waals surface area (Å²) in [5, 5.41) is 12.8. The summed E-state index contributed by atoms with van der Waals surface area (Å²) in [7, 11) is 1.60. The second-order valence-corrected chi connectivity index (χ2v) is 4.50. The number of hydrogen-bond donors (Lipinski definition) is 1. The van der Waals surface area contributed by atoms with Gasteiger partial charge >= 0.3 is 0 Å². The fourth-order valence-corrected chi connectivity index (χ4v) is 1.75. The molecule has 0 bridgehead atoms. The van der Waals surface area contributed by atoms with Gasteiger partial charge in [0.2, 0.25) is 0 Å². The molecule has 0 atom stereocenters. The van der Waals surface area contributed by atoms with E-state index < -0.39 is 0 Å². The van der Waals surface area contributed by atoms with Crippen molar-refractivity contribution in [2.24, 2.45) is 5.41 Å². The van der Waals surface area contributed by atoms with Crippen LogP contribution in [-0.2, 0) is 0 Å². The first-order chi connectivity index (χ1) is 7.69. The zero-order chi connectivity index (χ0) is 11.6. The highest BCUT2D eigenvalue weighted by molar-refractivity contribution is 6.33. The molecule has 1 aliphatic carbocycles. The van der Waals surface area contributed by atoms with Gasteiger partial charge in [0.05, 0.1) is 29.3 Å². The van der Waals surface area contributed by atoms with E-state index in [-0.39, 0.29) is 5.41 Å². The van der Waals surface area contributed by atoms with E-state index in [1.807, 2.05) is 12.1 Å². The Morgan fingerprint density at radius 1 is 1.56 bits per heavy atom. The molecule has 0 amide bonds. The summed E-state index contributed by atoms with van der Waals surface area (Å²) in [4.78, 5) is 0. The number of nitrogens with zero attached hydrogens (tertiary/aromatic N) is 1. The number of halogens is 1. The number of benzene rings is 1. The average molecular weight is 237 g/mol. The molecule has 1 aromatic carbocycles. The van der Waals surface area contributed by atoms with E-state index in [4.69, 9.17) is 21.6 Å². The highest BCUT2D eigenvalue weighted by Crippen LogP contribution is 2.45. The van der Waals surface area contributed by atoms with E-state index in [9.17, 15) is 0 Å². The Balaban J connectivity index is 2.02. The highest BCUT2D eigenvalue weighted by atomic mass is 35.5. The molecular formula is C12H13ClN2O. The fraction of sp³-hybridized carbons (Fsp3) is 0.417. The van der Waals surface area contributed by atoms with Crippen molar-refractivity contribution in [3.63, 3.8) is 0 Å². The van der Waals surface area contributed by atoms with Gasteiger partial charge in [0, 0.05) is 12.6 Å². The minimum Gasteiger partial charge on any atom is -0.497 e. The molecular weight excluding hydrogens is 224 g/mol. The maximum atomic E-state index is 8.94. The first kappa shape index (κ1) is 11.1. The Hall–Kier alpha value is -1.40. The molecule has 0 aliphatic heterocycles. The summed E-state index contributed by atoms with van der Waals surface area (Å²) in [5.41, 5.74) is 0.687.